The van der Waals surface area contributed by atoms with Crippen LogP contribution in [0.5, 0.6) is 0 Å². The minimum absolute atomic E-state index is 0.118. The van der Waals surface area contributed by atoms with E-state index in [1.54, 1.807) is 0 Å². The van der Waals surface area contributed by atoms with Gasteiger partial charge in [0.05, 0.1) is 16.6 Å². The molecule has 2 nitrogen and oxygen atoms in total. The van der Waals surface area contributed by atoms with Crippen LogP contribution in [0.4, 0.5) is 0 Å². The van der Waals surface area contributed by atoms with Gasteiger partial charge in [-0.15, -0.1) is 0 Å². The average molecular weight is 619 g/mol. The maximum absolute atomic E-state index is 2.66. The van der Waals surface area contributed by atoms with Gasteiger partial charge in [0.2, 0.25) is 0 Å². The van der Waals surface area contributed by atoms with E-state index < -0.39 is 0 Å². The molecule has 0 amide bonds. The predicted octanol–water partition coefficient (Wildman–Crippen LogP) is 9.44. The summed E-state index contributed by atoms with van der Waals surface area (Å²) >= 11 is 0. The summed E-state index contributed by atoms with van der Waals surface area (Å²) in [6.07, 6.45) is 6.93. The molecule has 2 aliphatic heterocycles. The van der Waals surface area contributed by atoms with Crippen LogP contribution >= 0.6 is 0 Å². The average Bonchev–Trinajstić information content (AvgIpc) is 3.71. The Morgan fingerprint density at radius 2 is 1.06 bits per heavy atom. The summed E-state index contributed by atoms with van der Waals surface area (Å²) in [5, 5.41) is 13.4. The zero-order chi connectivity index (χ0) is 31.5. The van der Waals surface area contributed by atoms with Crippen LogP contribution in [-0.2, 0) is 6.42 Å². The summed E-state index contributed by atoms with van der Waals surface area (Å²) in [5.41, 5.74) is 15.2. The molecule has 2 aromatic heterocycles. The summed E-state index contributed by atoms with van der Waals surface area (Å²) in [4.78, 5) is 0. The first-order valence-corrected chi connectivity index (χ1v) is 17.5. The number of fused-ring (bicyclic) bond motifs is 18. The lowest BCUT2D eigenvalue weighted by Gasteiger charge is -2.34. The Morgan fingerprint density at radius 3 is 1.78 bits per heavy atom. The van der Waals surface area contributed by atoms with E-state index in [4.69, 9.17) is 0 Å². The highest BCUT2D eigenvalue weighted by Gasteiger charge is 2.42. The molecule has 0 fully saturated rings. The van der Waals surface area contributed by atoms with Gasteiger partial charge in [-0.2, -0.15) is 0 Å². The third-order valence-electron chi connectivity index (χ3n) is 12.1. The zero-order valence-electron chi connectivity index (χ0n) is 26.7. The first-order valence-electron chi connectivity index (χ1n) is 17.5. The predicted molar refractivity (Wildman–Crippen MR) is 210 cm³/mol. The van der Waals surface area contributed by atoms with E-state index in [1.165, 1.54) is 115 Å². The van der Waals surface area contributed by atoms with Gasteiger partial charge in [0.25, 0.3) is 6.71 Å². The summed E-state index contributed by atoms with van der Waals surface area (Å²) in [5.74, 6) is 0. The van der Waals surface area contributed by atoms with Crippen molar-refractivity contribution in [3.05, 3.63) is 145 Å². The van der Waals surface area contributed by atoms with Gasteiger partial charge in [0.15, 0.2) is 0 Å². The Balaban J connectivity index is 1.33. The minimum atomic E-state index is 0.118. The maximum Gasteiger partial charge on any atom is 0.252 e. The van der Waals surface area contributed by atoms with Crippen LogP contribution < -0.4 is 16.4 Å². The SMILES string of the molecule is C1=Cc2cc3c4c(c2CC1)c1ccc2ccccc2c1n4-c1cccc2c1B3c1cc3ccccc3c3c4ccc5ccccc5c4n-2c13. The van der Waals surface area contributed by atoms with E-state index in [0.29, 0.717) is 0 Å². The molecule has 0 saturated heterocycles. The molecule has 3 aliphatic rings. The van der Waals surface area contributed by atoms with Crippen LogP contribution in [0.1, 0.15) is 17.5 Å². The van der Waals surface area contributed by atoms with Crippen molar-refractivity contribution in [1.29, 1.82) is 0 Å². The highest BCUT2D eigenvalue weighted by atomic mass is 15.0. The van der Waals surface area contributed by atoms with Gasteiger partial charge in [-0.05, 0) is 74.0 Å². The molecule has 13 rings (SSSR count). The minimum Gasteiger partial charge on any atom is -0.310 e. The molecule has 1 aliphatic carbocycles. The van der Waals surface area contributed by atoms with Crippen molar-refractivity contribution in [2.45, 2.75) is 12.8 Å². The zero-order valence-corrected chi connectivity index (χ0v) is 26.7. The van der Waals surface area contributed by atoms with E-state index in [2.05, 4.69) is 149 Å². The van der Waals surface area contributed by atoms with Gasteiger partial charge in [0.1, 0.15) is 0 Å². The van der Waals surface area contributed by atoms with Crippen molar-refractivity contribution >= 4 is 105 Å². The fourth-order valence-corrected chi connectivity index (χ4v) is 10.3. The van der Waals surface area contributed by atoms with Gasteiger partial charge in [-0.25, -0.2) is 0 Å². The van der Waals surface area contributed by atoms with Gasteiger partial charge in [-0.1, -0.05) is 127 Å². The van der Waals surface area contributed by atoms with E-state index in [9.17, 15) is 0 Å². The van der Waals surface area contributed by atoms with Crippen LogP contribution in [0.2, 0.25) is 0 Å². The van der Waals surface area contributed by atoms with E-state index in [0.717, 1.165) is 12.8 Å². The fraction of sp³-hybridized carbons (Fsp3) is 0.0435. The topological polar surface area (TPSA) is 9.86 Å². The highest BCUT2D eigenvalue weighted by Crippen LogP contribution is 2.45. The smallest absolute Gasteiger partial charge is 0.252 e. The monoisotopic (exact) mass is 618 g/mol. The van der Waals surface area contributed by atoms with Crippen LogP contribution in [0, 0.1) is 0 Å². The van der Waals surface area contributed by atoms with E-state index in [1.807, 2.05) is 0 Å². The van der Waals surface area contributed by atoms with Gasteiger partial charge in [0, 0.05) is 49.2 Å². The molecular weight excluding hydrogens is 591 g/mol. The van der Waals surface area contributed by atoms with E-state index >= 15 is 0 Å². The molecule has 4 heterocycles. The first-order chi connectivity index (χ1) is 24.3. The van der Waals surface area contributed by atoms with Gasteiger partial charge < -0.3 is 9.13 Å². The Labute approximate surface area is 282 Å². The van der Waals surface area contributed by atoms with Crippen molar-refractivity contribution in [2.24, 2.45) is 0 Å². The third-order valence-corrected chi connectivity index (χ3v) is 12.1. The summed E-state index contributed by atoms with van der Waals surface area (Å²) in [7, 11) is 0. The molecule has 0 spiro atoms. The van der Waals surface area contributed by atoms with Gasteiger partial charge >= 0.3 is 0 Å². The van der Waals surface area contributed by atoms with Crippen molar-refractivity contribution < 1.29 is 0 Å². The summed E-state index contributed by atoms with van der Waals surface area (Å²) in [6, 6.07) is 48.5. The Morgan fingerprint density at radius 1 is 0.469 bits per heavy atom. The fourth-order valence-electron chi connectivity index (χ4n) is 10.3. The second-order valence-electron chi connectivity index (χ2n) is 14.3. The molecule has 0 bridgehead atoms. The molecule has 10 aromatic rings. The number of benzene rings is 8. The second kappa shape index (κ2) is 8.50. The number of rotatable bonds is 0. The molecule has 0 N–H and O–H groups in total. The van der Waals surface area contributed by atoms with Crippen molar-refractivity contribution in [1.82, 2.24) is 9.13 Å². The lowest BCUT2D eigenvalue weighted by molar-refractivity contribution is 0.998. The first kappa shape index (κ1) is 25.0. The van der Waals surface area contributed by atoms with Crippen molar-refractivity contribution in [3.8, 4) is 11.4 Å². The summed E-state index contributed by atoms with van der Waals surface area (Å²) in [6.45, 7) is 0.118. The largest absolute Gasteiger partial charge is 0.310 e. The molecule has 0 unspecified atom stereocenters. The van der Waals surface area contributed by atoms with Crippen LogP contribution in [0.15, 0.2) is 133 Å². The molecule has 8 aromatic carbocycles. The second-order valence-corrected chi connectivity index (χ2v) is 14.3. The molecular formula is C46H27BN2. The number of nitrogens with zero attached hydrogens (tertiary/aromatic N) is 2. The lowest BCUT2D eigenvalue weighted by Crippen LogP contribution is -2.59. The number of aryl methyl sites for hydroxylation is 1. The van der Waals surface area contributed by atoms with Gasteiger partial charge in [-0.3, -0.25) is 0 Å². The molecule has 0 atom stereocenters. The molecule has 3 heteroatoms. The number of hydrogen-bond acceptors (Lipinski definition) is 0. The lowest BCUT2D eigenvalue weighted by atomic mass is 9.34. The normalized spacial score (nSPS) is 14.2. The number of aromatic nitrogens is 2. The molecule has 0 radical (unpaired) electrons. The van der Waals surface area contributed by atoms with E-state index in [-0.39, 0.29) is 6.71 Å². The van der Waals surface area contributed by atoms with Crippen LogP contribution in [0.3, 0.4) is 0 Å². The highest BCUT2D eigenvalue weighted by molar-refractivity contribution is 7.00. The standard InChI is InChI=1S/C46H27BN2/c1-7-16-32-26(10-1)20-22-34-40-30-14-5-3-12-28(30)24-36-45(40)48(43(32)34)38-18-9-19-39-42(38)47(36)37-25-29-13-4-6-15-31(29)41-35-23-21-27-11-2-8-17-33(27)44(35)49(39)46(37)41/h1-5,7-14,16-25H,6,15H2. The Kier molecular flexibility index (Phi) is 4.34. The van der Waals surface area contributed by atoms with Crippen molar-refractivity contribution in [2.75, 3.05) is 0 Å². The summed E-state index contributed by atoms with van der Waals surface area (Å²) < 4.78 is 5.29. The maximum atomic E-state index is 2.66. The number of hydrogen-bond donors (Lipinski definition) is 0. The quantitative estimate of drug-likeness (QED) is 0.150. The Hall–Kier alpha value is -6.06. The third kappa shape index (κ3) is 2.82. The van der Waals surface area contributed by atoms with Crippen LogP contribution in [0.25, 0.3) is 93.4 Å². The number of allylic oxidation sites excluding steroid dienone is 1. The van der Waals surface area contributed by atoms with Crippen LogP contribution in [-0.4, -0.2) is 15.8 Å². The Bertz CT molecular complexity index is 3230. The molecule has 224 valence electrons. The molecule has 0 saturated carbocycles. The molecule has 49 heavy (non-hydrogen) atoms. The van der Waals surface area contributed by atoms with Crippen molar-refractivity contribution in [3.63, 3.8) is 0 Å².